The fourth-order valence-corrected chi connectivity index (χ4v) is 3.51. The summed E-state index contributed by atoms with van der Waals surface area (Å²) >= 11 is 9.49. The van der Waals surface area contributed by atoms with Crippen LogP contribution in [0, 0.1) is 0 Å². The molecule has 0 aliphatic heterocycles. The van der Waals surface area contributed by atoms with Crippen LogP contribution in [0.1, 0.15) is 24.2 Å². The van der Waals surface area contributed by atoms with Gasteiger partial charge in [0.2, 0.25) is 0 Å². The van der Waals surface area contributed by atoms with Gasteiger partial charge in [0.15, 0.2) is 9.84 Å². The van der Waals surface area contributed by atoms with E-state index in [1.165, 1.54) is 13.4 Å². The number of ether oxygens (including phenoxy) is 1. The SMILES string of the molecule is COc1ccc(C(Br)C(C)(C)S(C)(=O)=O)cc1Cl. The Kier molecular flexibility index (Phi) is 4.73. The number of hydrogen-bond donors (Lipinski definition) is 0. The van der Waals surface area contributed by atoms with Crippen LogP contribution in [0.3, 0.4) is 0 Å². The lowest BCUT2D eigenvalue weighted by molar-refractivity contribution is 0.415. The highest BCUT2D eigenvalue weighted by Gasteiger charge is 2.38. The molecule has 0 radical (unpaired) electrons. The fourth-order valence-electron chi connectivity index (χ4n) is 1.43. The zero-order chi connectivity index (χ0) is 14.1. The maximum atomic E-state index is 11.8. The highest BCUT2D eigenvalue weighted by molar-refractivity contribution is 9.09. The molecule has 0 amide bonds. The number of hydrogen-bond acceptors (Lipinski definition) is 3. The van der Waals surface area contributed by atoms with Crippen molar-refractivity contribution in [3.8, 4) is 5.75 Å². The van der Waals surface area contributed by atoms with Gasteiger partial charge in [0.05, 0.1) is 21.7 Å². The normalized spacial score (nSPS) is 14.3. The van der Waals surface area contributed by atoms with Crippen molar-refractivity contribution >= 4 is 37.4 Å². The van der Waals surface area contributed by atoms with Gasteiger partial charge in [-0.3, -0.25) is 0 Å². The molecule has 18 heavy (non-hydrogen) atoms. The summed E-state index contributed by atoms with van der Waals surface area (Å²) in [5.74, 6) is 0.567. The maximum absolute atomic E-state index is 11.8. The van der Waals surface area contributed by atoms with E-state index in [9.17, 15) is 8.42 Å². The van der Waals surface area contributed by atoms with Gasteiger partial charge in [-0.2, -0.15) is 0 Å². The third kappa shape index (κ3) is 3.00. The van der Waals surface area contributed by atoms with Crippen molar-refractivity contribution in [2.75, 3.05) is 13.4 Å². The van der Waals surface area contributed by atoms with Crippen LogP contribution >= 0.6 is 27.5 Å². The van der Waals surface area contributed by atoms with Crippen LogP contribution in [-0.4, -0.2) is 26.5 Å². The Balaban J connectivity index is 3.20. The summed E-state index contributed by atoms with van der Waals surface area (Å²) in [6.45, 7) is 3.36. The van der Waals surface area contributed by atoms with E-state index in [0.29, 0.717) is 10.8 Å². The predicted molar refractivity (Wildman–Crippen MR) is 78.6 cm³/mol. The minimum absolute atomic E-state index is 0.344. The molecular weight excluding hydrogens is 340 g/mol. The summed E-state index contributed by atoms with van der Waals surface area (Å²) in [4.78, 5) is -0.344. The molecule has 102 valence electrons. The number of methoxy groups -OCH3 is 1. The molecule has 0 aliphatic carbocycles. The van der Waals surface area contributed by atoms with E-state index >= 15 is 0 Å². The molecule has 0 spiro atoms. The summed E-state index contributed by atoms with van der Waals surface area (Å²) in [6, 6.07) is 5.24. The quantitative estimate of drug-likeness (QED) is 0.775. The van der Waals surface area contributed by atoms with Crippen LogP contribution in [0.25, 0.3) is 0 Å². The highest BCUT2D eigenvalue weighted by atomic mass is 79.9. The molecule has 3 nitrogen and oxygen atoms in total. The number of halogens is 2. The Bertz CT molecular complexity index is 540. The van der Waals surface area contributed by atoms with E-state index in [2.05, 4.69) is 15.9 Å². The molecule has 1 rings (SSSR count). The van der Waals surface area contributed by atoms with Gasteiger partial charge in [0.25, 0.3) is 0 Å². The predicted octanol–water partition coefficient (Wildman–Crippen LogP) is 3.61. The van der Waals surface area contributed by atoms with Crippen molar-refractivity contribution in [1.82, 2.24) is 0 Å². The zero-order valence-electron chi connectivity index (χ0n) is 10.7. The van der Waals surface area contributed by atoms with Gasteiger partial charge in [-0.25, -0.2) is 8.42 Å². The molecule has 1 unspecified atom stereocenters. The van der Waals surface area contributed by atoms with Crippen LogP contribution < -0.4 is 4.74 Å². The van der Waals surface area contributed by atoms with Crippen molar-refractivity contribution in [2.24, 2.45) is 0 Å². The number of benzene rings is 1. The van der Waals surface area contributed by atoms with Crippen molar-refractivity contribution in [2.45, 2.75) is 23.4 Å². The van der Waals surface area contributed by atoms with Gasteiger partial charge >= 0.3 is 0 Å². The molecule has 0 N–H and O–H groups in total. The lowest BCUT2D eigenvalue weighted by Gasteiger charge is -2.29. The number of sulfone groups is 1. The van der Waals surface area contributed by atoms with Crippen LogP contribution in [0.4, 0.5) is 0 Å². The zero-order valence-corrected chi connectivity index (χ0v) is 13.9. The van der Waals surface area contributed by atoms with Crippen molar-refractivity contribution in [1.29, 1.82) is 0 Å². The fraction of sp³-hybridized carbons (Fsp3) is 0.500. The molecule has 0 heterocycles. The largest absolute Gasteiger partial charge is 0.495 e. The van der Waals surface area contributed by atoms with Gasteiger partial charge in [0, 0.05) is 6.26 Å². The molecule has 1 aromatic rings. The third-order valence-corrected chi connectivity index (χ3v) is 7.45. The van der Waals surface area contributed by atoms with Gasteiger partial charge in [-0.1, -0.05) is 33.6 Å². The monoisotopic (exact) mass is 354 g/mol. The molecule has 0 bridgehead atoms. The Morgan fingerprint density at radius 3 is 2.33 bits per heavy atom. The summed E-state index contributed by atoms with van der Waals surface area (Å²) in [5, 5.41) is 0.462. The van der Waals surface area contributed by atoms with Gasteiger partial charge < -0.3 is 4.74 Å². The van der Waals surface area contributed by atoms with E-state index < -0.39 is 14.6 Å². The van der Waals surface area contributed by atoms with Crippen LogP contribution in [-0.2, 0) is 9.84 Å². The summed E-state index contributed by atoms with van der Waals surface area (Å²) in [6.07, 6.45) is 1.23. The molecule has 0 aliphatic rings. The van der Waals surface area contributed by atoms with Gasteiger partial charge in [0.1, 0.15) is 5.75 Å². The van der Waals surface area contributed by atoms with Crippen molar-refractivity contribution in [3.63, 3.8) is 0 Å². The third-order valence-electron chi connectivity index (χ3n) is 3.03. The molecule has 0 saturated carbocycles. The summed E-state index contributed by atoms with van der Waals surface area (Å²) < 4.78 is 27.7. The molecule has 6 heteroatoms. The Labute approximate surface area is 122 Å². The Morgan fingerprint density at radius 2 is 1.94 bits per heavy atom. The van der Waals surface area contributed by atoms with Crippen molar-refractivity contribution < 1.29 is 13.2 Å². The smallest absolute Gasteiger partial charge is 0.154 e. The highest BCUT2D eigenvalue weighted by Crippen LogP contribution is 2.41. The number of alkyl halides is 1. The number of rotatable bonds is 4. The Morgan fingerprint density at radius 1 is 1.39 bits per heavy atom. The van der Waals surface area contributed by atoms with Crippen LogP contribution in [0.2, 0.25) is 5.02 Å². The molecule has 0 aromatic heterocycles. The lowest BCUT2D eigenvalue weighted by Crippen LogP contribution is -2.35. The first kappa shape index (κ1) is 15.8. The molecule has 1 aromatic carbocycles. The summed E-state index contributed by atoms with van der Waals surface area (Å²) in [7, 11) is -1.66. The van der Waals surface area contributed by atoms with Gasteiger partial charge in [-0.05, 0) is 31.5 Å². The Hall–Kier alpha value is -0.260. The molecule has 0 saturated heterocycles. The minimum Gasteiger partial charge on any atom is -0.495 e. The molecule has 1 atom stereocenters. The second-order valence-electron chi connectivity index (χ2n) is 4.63. The van der Waals surface area contributed by atoms with Crippen LogP contribution in [0.5, 0.6) is 5.75 Å². The van der Waals surface area contributed by atoms with Crippen LogP contribution in [0.15, 0.2) is 18.2 Å². The molecule has 0 fully saturated rings. The van der Waals surface area contributed by atoms with Crippen molar-refractivity contribution in [3.05, 3.63) is 28.8 Å². The minimum atomic E-state index is -3.20. The van der Waals surface area contributed by atoms with E-state index in [0.717, 1.165) is 5.56 Å². The first-order valence-electron chi connectivity index (χ1n) is 5.28. The van der Waals surface area contributed by atoms with Gasteiger partial charge in [-0.15, -0.1) is 0 Å². The maximum Gasteiger partial charge on any atom is 0.154 e. The van der Waals surface area contributed by atoms with E-state index in [1.807, 2.05) is 0 Å². The van der Waals surface area contributed by atoms with E-state index in [4.69, 9.17) is 16.3 Å². The summed E-state index contributed by atoms with van der Waals surface area (Å²) in [5.41, 5.74) is 0.802. The lowest BCUT2D eigenvalue weighted by atomic mass is 10.0. The second kappa shape index (κ2) is 5.39. The second-order valence-corrected chi connectivity index (χ2v) is 8.55. The molecular formula is C12H16BrClO3S. The average molecular weight is 356 g/mol. The average Bonchev–Trinajstić information content (AvgIpc) is 2.26. The van der Waals surface area contributed by atoms with E-state index in [-0.39, 0.29) is 4.83 Å². The standard InChI is InChI=1S/C12H16BrClO3S/c1-12(2,18(4,15)16)11(13)8-5-6-10(17-3)9(14)7-8/h5-7,11H,1-4H3. The first-order valence-corrected chi connectivity index (χ1v) is 8.47. The van der Waals surface area contributed by atoms with E-state index in [1.54, 1.807) is 32.0 Å². The first-order chi connectivity index (χ1) is 8.11. The topological polar surface area (TPSA) is 43.4 Å².